The first-order valence-electron chi connectivity index (χ1n) is 14.6. The van der Waals surface area contributed by atoms with Gasteiger partial charge in [0.05, 0.1) is 11.4 Å². The van der Waals surface area contributed by atoms with E-state index < -0.39 is 5.92 Å². The summed E-state index contributed by atoms with van der Waals surface area (Å²) in [4.78, 5) is 25.2. The van der Waals surface area contributed by atoms with Crippen molar-refractivity contribution in [1.82, 2.24) is 15.3 Å². The van der Waals surface area contributed by atoms with E-state index >= 15 is 0 Å². The van der Waals surface area contributed by atoms with Crippen LogP contribution in [0, 0.1) is 11.8 Å². The Hall–Kier alpha value is -3.15. The van der Waals surface area contributed by atoms with Gasteiger partial charge in [-0.15, -0.1) is 0 Å². The molecule has 0 saturated heterocycles. The fourth-order valence-corrected chi connectivity index (χ4v) is 6.24. The highest BCUT2D eigenvalue weighted by Gasteiger charge is 2.26. The summed E-state index contributed by atoms with van der Waals surface area (Å²) in [7, 11) is 4.07. The number of aromatic nitrogens is 2. The molecule has 1 fully saturated rings. The van der Waals surface area contributed by atoms with Crippen molar-refractivity contribution in [3.8, 4) is 0 Å². The zero-order valence-corrected chi connectivity index (χ0v) is 25.3. The molecule has 1 aliphatic carbocycles. The van der Waals surface area contributed by atoms with Crippen molar-refractivity contribution in [3.05, 3.63) is 99.8 Å². The third-order valence-corrected chi connectivity index (χ3v) is 8.77. The van der Waals surface area contributed by atoms with E-state index in [0.717, 1.165) is 65.3 Å². The van der Waals surface area contributed by atoms with E-state index in [9.17, 15) is 4.79 Å². The molecule has 0 bridgehead atoms. The van der Waals surface area contributed by atoms with Gasteiger partial charge < -0.3 is 10.2 Å². The number of carbonyl (C=O) groups is 1. The molecular formula is C34H38Cl2N4O. The molecule has 1 saturated carbocycles. The Labute approximate surface area is 253 Å². The molecule has 1 aromatic heterocycles. The fourth-order valence-electron chi connectivity index (χ4n) is 5.99. The first kappa shape index (κ1) is 29.3. The molecule has 5 nitrogen and oxygen atoms in total. The van der Waals surface area contributed by atoms with Crippen LogP contribution < -0.4 is 10.2 Å². The Balaban J connectivity index is 1.11. The van der Waals surface area contributed by atoms with Gasteiger partial charge in [0.15, 0.2) is 0 Å². The van der Waals surface area contributed by atoms with Crippen LogP contribution in [-0.2, 0) is 11.2 Å². The van der Waals surface area contributed by atoms with Crippen LogP contribution in [0.1, 0.15) is 61.4 Å². The normalized spacial score (nSPS) is 17.1. The number of halogens is 2. The molecule has 3 aromatic carbocycles. The molecule has 0 atom stereocenters. The number of rotatable bonds is 10. The van der Waals surface area contributed by atoms with Crippen LogP contribution in [0.3, 0.4) is 0 Å². The van der Waals surface area contributed by atoms with E-state index in [1.54, 1.807) is 0 Å². The van der Waals surface area contributed by atoms with Gasteiger partial charge in [-0.05, 0) is 78.6 Å². The maximum absolute atomic E-state index is 13.5. The third-order valence-electron chi connectivity index (χ3n) is 8.27. The van der Waals surface area contributed by atoms with Crippen molar-refractivity contribution in [3.63, 3.8) is 0 Å². The number of benzene rings is 3. The lowest BCUT2D eigenvalue weighted by molar-refractivity contribution is -0.121. The number of anilines is 1. The number of hydrogen-bond acceptors (Lipinski definition) is 4. The topological polar surface area (TPSA) is 58.1 Å². The summed E-state index contributed by atoms with van der Waals surface area (Å²) in [6.07, 6.45) is 7.91. The average Bonchev–Trinajstić information content (AvgIpc) is 2.98. The third kappa shape index (κ3) is 7.58. The summed E-state index contributed by atoms with van der Waals surface area (Å²) in [6, 6.07) is 23.3. The molecule has 0 aliphatic heterocycles. The van der Waals surface area contributed by atoms with E-state index in [0.29, 0.717) is 22.5 Å². The van der Waals surface area contributed by atoms with Gasteiger partial charge in [0.1, 0.15) is 11.6 Å². The molecule has 1 aliphatic rings. The molecule has 0 unspecified atom stereocenters. The molecule has 41 heavy (non-hydrogen) atoms. The molecule has 4 aromatic rings. The maximum Gasteiger partial charge on any atom is 0.232 e. The molecule has 5 rings (SSSR count). The van der Waals surface area contributed by atoms with Crippen LogP contribution in [0.25, 0.3) is 10.9 Å². The van der Waals surface area contributed by atoms with Gasteiger partial charge in [-0.2, -0.15) is 0 Å². The van der Waals surface area contributed by atoms with Crippen LogP contribution in [0.15, 0.2) is 72.8 Å². The standard InChI is InChI=1S/C34H38Cl2N4O/c1-40(2)33-29-7-3-4-8-30(29)38-31(39-33)9-5-6-23-10-12-24(13-11-23)22-37-34(41)32(25-14-18-27(35)19-15-25)26-16-20-28(36)21-17-26/h3-4,7-8,14-21,23-24,32H,5-6,9-13,22H2,1-2H3,(H,37,41). The predicted molar refractivity (Wildman–Crippen MR) is 170 cm³/mol. The minimum atomic E-state index is -0.397. The Morgan fingerprint density at radius 2 is 1.44 bits per heavy atom. The number of fused-ring (bicyclic) bond motifs is 1. The van der Waals surface area contributed by atoms with Gasteiger partial charge in [0, 0.05) is 42.5 Å². The number of aryl methyl sites for hydroxylation is 1. The SMILES string of the molecule is CN(C)c1nc(CCCC2CCC(CNC(=O)C(c3ccc(Cl)cc3)c3ccc(Cl)cc3)CC2)nc2ccccc12. The van der Waals surface area contributed by atoms with Gasteiger partial charge in [-0.25, -0.2) is 9.97 Å². The lowest BCUT2D eigenvalue weighted by Crippen LogP contribution is -2.35. The fraction of sp³-hybridized carbons (Fsp3) is 0.382. The molecule has 1 amide bonds. The zero-order chi connectivity index (χ0) is 28.8. The van der Waals surface area contributed by atoms with Crippen LogP contribution in [-0.4, -0.2) is 36.5 Å². The number of carbonyl (C=O) groups excluding carboxylic acids is 1. The van der Waals surface area contributed by atoms with Gasteiger partial charge in [-0.3, -0.25) is 4.79 Å². The van der Waals surface area contributed by atoms with E-state index in [1.807, 2.05) is 74.8 Å². The predicted octanol–water partition coefficient (Wildman–Crippen LogP) is 8.08. The Kier molecular flexibility index (Phi) is 9.79. The molecule has 214 valence electrons. The summed E-state index contributed by atoms with van der Waals surface area (Å²) >= 11 is 12.2. The molecule has 0 radical (unpaired) electrons. The van der Waals surface area contributed by atoms with E-state index in [4.69, 9.17) is 33.2 Å². The summed E-state index contributed by atoms with van der Waals surface area (Å²) in [5.74, 6) is 2.78. The van der Waals surface area contributed by atoms with Crippen molar-refractivity contribution >= 4 is 45.8 Å². The van der Waals surface area contributed by atoms with Crippen molar-refractivity contribution in [2.45, 2.75) is 50.9 Å². The van der Waals surface area contributed by atoms with Crippen LogP contribution in [0.5, 0.6) is 0 Å². The van der Waals surface area contributed by atoms with Gasteiger partial charge in [0.25, 0.3) is 0 Å². The Morgan fingerprint density at radius 3 is 2.05 bits per heavy atom. The maximum atomic E-state index is 13.5. The number of para-hydroxylation sites is 1. The highest BCUT2D eigenvalue weighted by atomic mass is 35.5. The quantitative estimate of drug-likeness (QED) is 0.203. The minimum Gasteiger partial charge on any atom is -0.362 e. The molecular weight excluding hydrogens is 551 g/mol. The van der Waals surface area contributed by atoms with E-state index in [1.165, 1.54) is 19.3 Å². The van der Waals surface area contributed by atoms with Crippen LogP contribution in [0.2, 0.25) is 10.0 Å². The van der Waals surface area contributed by atoms with Gasteiger partial charge in [-0.1, -0.05) is 78.9 Å². The van der Waals surface area contributed by atoms with Gasteiger partial charge in [0.2, 0.25) is 5.91 Å². The van der Waals surface area contributed by atoms with E-state index in [2.05, 4.69) is 22.3 Å². The monoisotopic (exact) mass is 588 g/mol. The summed E-state index contributed by atoms with van der Waals surface area (Å²) < 4.78 is 0. The van der Waals surface area contributed by atoms with Crippen LogP contribution in [0.4, 0.5) is 5.82 Å². The second kappa shape index (κ2) is 13.7. The summed E-state index contributed by atoms with van der Waals surface area (Å²) in [5, 5.41) is 5.67. The lowest BCUT2D eigenvalue weighted by Gasteiger charge is -2.29. The summed E-state index contributed by atoms with van der Waals surface area (Å²) in [5.41, 5.74) is 2.86. The first-order valence-corrected chi connectivity index (χ1v) is 15.3. The largest absolute Gasteiger partial charge is 0.362 e. The number of amides is 1. The lowest BCUT2D eigenvalue weighted by atomic mass is 9.79. The number of nitrogens with zero attached hydrogens (tertiary/aromatic N) is 3. The Bertz CT molecular complexity index is 1400. The summed E-state index contributed by atoms with van der Waals surface area (Å²) in [6.45, 7) is 0.710. The Morgan fingerprint density at radius 1 is 0.854 bits per heavy atom. The molecule has 7 heteroatoms. The highest BCUT2D eigenvalue weighted by Crippen LogP contribution is 2.33. The average molecular weight is 590 g/mol. The number of hydrogen-bond donors (Lipinski definition) is 1. The van der Waals surface area contributed by atoms with Crippen LogP contribution >= 0.6 is 23.2 Å². The highest BCUT2D eigenvalue weighted by molar-refractivity contribution is 6.30. The van der Waals surface area contributed by atoms with Crippen molar-refractivity contribution in [2.75, 3.05) is 25.5 Å². The smallest absolute Gasteiger partial charge is 0.232 e. The van der Waals surface area contributed by atoms with Crippen molar-refractivity contribution < 1.29 is 4.79 Å². The molecule has 1 heterocycles. The van der Waals surface area contributed by atoms with Crippen molar-refractivity contribution in [2.24, 2.45) is 11.8 Å². The van der Waals surface area contributed by atoms with Crippen molar-refractivity contribution in [1.29, 1.82) is 0 Å². The van der Waals surface area contributed by atoms with Gasteiger partial charge >= 0.3 is 0 Å². The zero-order valence-electron chi connectivity index (χ0n) is 23.8. The first-order chi connectivity index (χ1) is 19.9. The minimum absolute atomic E-state index is 0.0178. The second-order valence-electron chi connectivity index (χ2n) is 11.4. The van der Waals surface area contributed by atoms with E-state index in [-0.39, 0.29) is 5.91 Å². The molecule has 0 spiro atoms. The number of nitrogens with one attached hydrogen (secondary N) is 1. The second-order valence-corrected chi connectivity index (χ2v) is 12.3. The molecule has 1 N–H and O–H groups in total.